The Bertz CT molecular complexity index is 3170. The smallest absolute Gasteiger partial charge is 0.462 e. The second kappa shape index (κ2) is 57.3. The number of unbranched alkanes of at least 4 members (excludes halogenated alkanes) is 30. The van der Waals surface area contributed by atoms with E-state index in [0.717, 1.165) is 167 Å². The van der Waals surface area contributed by atoms with Crippen molar-refractivity contribution < 1.29 is 89.6 Å². The van der Waals surface area contributed by atoms with Gasteiger partial charge in [0, 0.05) is 19.3 Å². The summed E-state index contributed by atoms with van der Waals surface area (Å²) >= 11 is 37.6. The van der Waals surface area contributed by atoms with Crippen molar-refractivity contribution in [2.45, 2.75) is 373 Å². The zero-order valence-electron chi connectivity index (χ0n) is 68.6. The molecule has 1 fully saturated rings. The highest BCUT2D eigenvalue weighted by Gasteiger charge is 2.65. The van der Waals surface area contributed by atoms with Crippen LogP contribution in [0.15, 0.2) is 91.0 Å². The van der Waals surface area contributed by atoms with Gasteiger partial charge in [0.15, 0.2) is 11.2 Å². The first-order valence-corrected chi connectivity index (χ1v) is 45.8. The molecule has 0 saturated carbocycles. The summed E-state index contributed by atoms with van der Waals surface area (Å²) in [7, 11) is -5.38. The highest BCUT2D eigenvalue weighted by atomic mass is 35.6. The predicted molar refractivity (Wildman–Crippen MR) is 450 cm³/mol. The third kappa shape index (κ3) is 43.1. The van der Waals surface area contributed by atoms with Gasteiger partial charge in [0.1, 0.15) is 61.2 Å². The molecule has 28 heteroatoms. The molecule has 4 rings (SSSR count). The van der Waals surface area contributed by atoms with Gasteiger partial charge in [-0.2, -0.15) is 0 Å². The quantitative estimate of drug-likeness (QED) is 0.0175. The lowest BCUT2D eigenvalue weighted by Gasteiger charge is -2.53. The normalized spacial score (nSPS) is 17.3. The molecular weight excluding hydrogens is 1610 g/mol. The lowest BCUT2D eigenvalue weighted by Crippen LogP contribution is -2.75. The van der Waals surface area contributed by atoms with E-state index in [2.05, 4.69) is 38.3 Å². The number of carbonyl (C=O) groups excluding carboxylic acids is 7. The van der Waals surface area contributed by atoms with Gasteiger partial charge in [-0.05, 0) is 89.1 Å². The average molecular weight is 1740 g/mol. The number of ether oxygens (including phenoxy) is 8. The lowest BCUT2D eigenvalue weighted by atomic mass is 9.77. The second-order valence-corrected chi connectivity index (χ2v) is 36.7. The topological polar surface area (TPSA) is 262 Å². The molecule has 3 aromatic rings. The standard InChI is InChI=1S/C86H131Cl6N2O19P/c1-8-12-16-20-24-28-30-34-43-57-70(105-74(96)59-49-36-32-26-22-18-14-10-3)61-73(95)93-66(5)79(99)108-80-77(94-81(100)104-65-85(87,88)89)84(63-67-51-41-38-42-52-67,109-76(98)62-71(58-44-35-31-29-25-21-17-13-9-2)106-75(97)60-50-37-33-27-23-19-15-11-4)78(72(107-80)64-103-82(101)110-83(6,7)86(90,91)92)113-114(102,111-68-53-45-39-46-54-68)112-69-55-47-40-48-56-69/h38-42,45-48,51-56,66,70-72,77-78,80H,8-37,43-44,49-50,57-65H2,1-7H3,(H,93,95)(H,94,100)/t66-,70+,71+,72+,77-,78+,80-,84+/m0/s1. The number of hydrogen-bond acceptors (Lipinski definition) is 19. The number of benzene rings is 3. The second-order valence-electron chi connectivity index (χ2n) is 30.4. The number of hydrogen-bond donors (Lipinski definition) is 2. The number of amides is 2. The summed E-state index contributed by atoms with van der Waals surface area (Å²) in [6, 6.07) is 20.0. The van der Waals surface area contributed by atoms with Crippen LogP contribution < -0.4 is 19.7 Å². The van der Waals surface area contributed by atoms with E-state index in [1.165, 1.54) is 70.7 Å². The van der Waals surface area contributed by atoms with E-state index in [1.54, 1.807) is 66.7 Å². The zero-order valence-corrected chi connectivity index (χ0v) is 74.0. The predicted octanol–water partition coefficient (Wildman–Crippen LogP) is 24.2. The van der Waals surface area contributed by atoms with Crippen LogP contribution in [0.3, 0.4) is 0 Å². The Balaban J connectivity index is 1.98. The molecule has 21 nitrogen and oxygen atoms in total. The molecule has 0 bridgehead atoms. The number of halogens is 6. The van der Waals surface area contributed by atoms with Crippen molar-refractivity contribution in [3.63, 3.8) is 0 Å². The van der Waals surface area contributed by atoms with Crippen molar-refractivity contribution in [3.05, 3.63) is 96.6 Å². The first-order chi connectivity index (χ1) is 54.5. The van der Waals surface area contributed by atoms with Crippen molar-refractivity contribution in [1.29, 1.82) is 0 Å². The zero-order chi connectivity index (χ0) is 83.5. The van der Waals surface area contributed by atoms with Crippen LogP contribution in [0.2, 0.25) is 0 Å². The van der Waals surface area contributed by atoms with Crippen LogP contribution in [-0.2, 0) is 77.4 Å². The monoisotopic (exact) mass is 1740 g/mol. The van der Waals surface area contributed by atoms with Gasteiger partial charge >= 0.3 is 43.9 Å². The van der Waals surface area contributed by atoms with Gasteiger partial charge in [-0.1, -0.05) is 357 Å². The Labute approximate surface area is 709 Å². The Morgan fingerprint density at radius 3 is 1.34 bits per heavy atom. The molecule has 114 heavy (non-hydrogen) atoms. The molecule has 0 spiro atoms. The van der Waals surface area contributed by atoms with E-state index in [9.17, 15) is 24.0 Å². The van der Waals surface area contributed by atoms with Gasteiger partial charge in [-0.25, -0.2) is 18.9 Å². The number of para-hydroxylation sites is 2. The van der Waals surface area contributed by atoms with Crippen LogP contribution in [0.1, 0.15) is 311 Å². The van der Waals surface area contributed by atoms with Gasteiger partial charge in [-0.15, -0.1) is 0 Å². The molecule has 2 amide bonds. The summed E-state index contributed by atoms with van der Waals surface area (Å²) in [5.74, 6) is -4.17. The van der Waals surface area contributed by atoms with Crippen molar-refractivity contribution in [1.82, 2.24) is 10.6 Å². The van der Waals surface area contributed by atoms with Crippen molar-refractivity contribution in [2.24, 2.45) is 0 Å². The molecule has 1 saturated heterocycles. The summed E-state index contributed by atoms with van der Waals surface area (Å²) in [6.45, 7) is 10.6. The first-order valence-electron chi connectivity index (χ1n) is 42.0. The molecule has 1 aliphatic rings. The molecule has 3 aromatic carbocycles. The van der Waals surface area contributed by atoms with Crippen LogP contribution in [-0.4, -0.2) is 117 Å². The molecule has 1 heterocycles. The highest BCUT2D eigenvalue weighted by molar-refractivity contribution is 7.49. The van der Waals surface area contributed by atoms with Crippen molar-refractivity contribution in [3.8, 4) is 11.5 Å². The number of rotatable bonds is 61. The van der Waals surface area contributed by atoms with E-state index in [4.69, 9.17) is 121 Å². The van der Waals surface area contributed by atoms with E-state index < -0.39 is 137 Å². The van der Waals surface area contributed by atoms with Crippen LogP contribution in [0, 0.1) is 0 Å². The average Bonchev–Trinajstić information content (AvgIpc) is 0.729. The van der Waals surface area contributed by atoms with Gasteiger partial charge < -0.3 is 57.6 Å². The Kier molecular flexibility index (Phi) is 50.9. The van der Waals surface area contributed by atoms with Crippen molar-refractivity contribution in [2.75, 3.05) is 13.2 Å². The third-order valence-corrected chi connectivity index (χ3v) is 22.9. The van der Waals surface area contributed by atoms with Crippen LogP contribution in [0.4, 0.5) is 9.59 Å². The molecule has 2 N–H and O–H groups in total. The van der Waals surface area contributed by atoms with Crippen LogP contribution >= 0.6 is 77.4 Å². The minimum atomic E-state index is -5.38. The molecule has 0 aromatic heterocycles. The summed E-state index contributed by atoms with van der Waals surface area (Å²) in [4.78, 5) is 102. The number of carbonyl (C=O) groups is 7. The molecule has 0 radical (unpaired) electrons. The van der Waals surface area contributed by atoms with Crippen LogP contribution in [0.25, 0.3) is 0 Å². The number of nitrogens with one attached hydrogen (secondary N) is 2. The minimum Gasteiger partial charge on any atom is -0.462 e. The summed E-state index contributed by atoms with van der Waals surface area (Å²) in [5.41, 5.74) is -4.34. The lowest BCUT2D eigenvalue weighted by molar-refractivity contribution is -0.293. The number of phosphoric ester groups is 1. The van der Waals surface area contributed by atoms with Crippen molar-refractivity contribution >= 4 is 119 Å². The molecular formula is C86H131Cl6N2O19P. The maximum atomic E-state index is 16.3. The molecule has 646 valence electrons. The maximum absolute atomic E-state index is 16.3. The van der Waals surface area contributed by atoms with E-state index in [-0.39, 0.29) is 37.2 Å². The largest absolute Gasteiger partial charge is 0.588 e. The number of phosphoric acid groups is 1. The fraction of sp³-hybridized carbons (Fsp3) is 0.709. The molecule has 0 aliphatic carbocycles. The van der Waals surface area contributed by atoms with Gasteiger partial charge in [-0.3, -0.25) is 23.7 Å². The summed E-state index contributed by atoms with van der Waals surface area (Å²) in [6.07, 6.45) is 21.7. The van der Waals surface area contributed by atoms with E-state index in [0.29, 0.717) is 37.7 Å². The third-order valence-electron chi connectivity index (χ3n) is 19.8. The summed E-state index contributed by atoms with van der Waals surface area (Å²) < 4.78 is 80.7. The Morgan fingerprint density at radius 1 is 0.518 bits per heavy atom. The number of alkyl carbamates (subject to hydrolysis) is 1. The molecule has 0 unspecified atom stereocenters. The fourth-order valence-corrected chi connectivity index (χ4v) is 15.1. The van der Waals surface area contributed by atoms with E-state index >= 15 is 14.2 Å². The molecule has 8 atom stereocenters. The van der Waals surface area contributed by atoms with Crippen LogP contribution in [0.5, 0.6) is 11.5 Å². The fourth-order valence-electron chi connectivity index (χ4n) is 13.4. The minimum absolute atomic E-state index is 0.0611. The summed E-state index contributed by atoms with van der Waals surface area (Å²) in [5, 5.41) is 5.34. The van der Waals surface area contributed by atoms with Gasteiger partial charge in [0.25, 0.3) is 0 Å². The van der Waals surface area contributed by atoms with Gasteiger partial charge in [0.05, 0.1) is 12.8 Å². The first kappa shape index (κ1) is 101. The maximum Gasteiger partial charge on any atom is 0.588 e. The Hall–Kier alpha value is -4.96. The number of alkyl halides is 6. The number of esters is 4. The highest BCUT2D eigenvalue weighted by Crippen LogP contribution is 2.55. The SMILES string of the molecule is CCCCCCCCCCC[C@H](CC(=O)N[C@@H](C)C(=O)O[C@@H]1O[C@H](COC(=O)OC(C)(C)C(Cl)(Cl)Cl)[C@@H](OP(=O)(Oc2ccccc2)Oc2ccccc2)[C@](Cc2ccccc2)(OC(=O)C[C@@H](CCCCCCCCCCC)OC(=O)CCCCCCCCCC)[C@H]1NC(=O)OCC(Cl)(Cl)Cl)OC(=O)CCCCCCCCCC. The molecule has 1 aliphatic heterocycles. The van der Waals surface area contributed by atoms with E-state index in [1.807, 2.05) is 0 Å². The van der Waals surface area contributed by atoms with Gasteiger partial charge in [0.2, 0.25) is 19.8 Å². The Morgan fingerprint density at radius 2 is 0.921 bits per heavy atom.